The van der Waals surface area contributed by atoms with Crippen LogP contribution in [0.2, 0.25) is 0 Å². The van der Waals surface area contributed by atoms with Crippen LogP contribution in [0.3, 0.4) is 0 Å². The van der Waals surface area contributed by atoms with Crippen molar-refractivity contribution in [2.45, 2.75) is 78.7 Å². The summed E-state index contributed by atoms with van der Waals surface area (Å²) >= 11 is 0. The lowest BCUT2D eigenvalue weighted by Gasteiger charge is -2.65. The Morgan fingerprint density at radius 3 is 2.23 bits per heavy atom. The van der Waals surface area contributed by atoms with E-state index < -0.39 is 74.5 Å². The third-order valence-electron chi connectivity index (χ3n) is 11.0. The topological polar surface area (TPSA) is 149 Å². The number of Topliss-reactive ketones (excluding diaryl/α,β-unsaturated/α-hetero) is 4. The predicted molar refractivity (Wildman–Crippen MR) is 146 cm³/mol. The van der Waals surface area contributed by atoms with Gasteiger partial charge in [0.1, 0.15) is 28.6 Å². The molecule has 0 saturated heterocycles. The first-order valence-corrected chi connectivity index (χ1v) is 14.1. The highest BCUT2D eigenvalue weighted by Gasteiger charge is 2.76. The molecule has 8 nitrogen and oxygen atoms in total. The zero-order valence-corrected chi connectivity index (χ0v) is 23.9. The number of allylic oxidation sites excluding steroid dienone is 1. The van der Waals surface area contributed by atoms with Gasteiger partial charge in [-0.25, -0.2) is 0 Å². The van der Waals surface area contributed by atoms with Crippen LogP contribution in [-0.4, -0.2) is 49.2 Å². The Morgan fingerprint density at radius 1 is 1.07 bits per heavy atom. The van der Waals surface area contributed by atoms with Crippen LogP contribution in [0.15, 0.2) is 35.1 Å². The molecule has 2 saturated carbocycles. The second kappa shape index (κ2) is 8.87. The number of ketones is 4. The molecule has 0 spiro atoms. The lowest BCUT2D eigenvalue weighted by atomic mass is 9.37. The van der Waals surface area contributed by atoms with E-state index in [0.29, 0.717) is 5.56 Å². The molecule has 0 amide bonds. The first kappa shape index (κ1) is 28.3. The summed E-state index contributed by atoms with van der Waals surface area (Å²) in [6.45, 7) is 9.79. The fourth-order valence-corrected chi connectivity index (χ4v) is 8.61. The van der Waals surface area contributed by atoms with Crippen molar-refractivity contribution in [3.63, 3.8) is 0 Å². The predicted octanol–water partition coefficient (Wildman–Crippen LogP) is 4.74. The van der Waals surface area contributed by atoms with Gasteiger partial charge in [0.25, 0.3) is 0 Å². The van der Waals surface area contributed by atoms with Crippen molar-refractivity contribution in [2.75, 3.05) is 0 Å². The van der Waals surface area contributed by atoms with Crippen LogP contribution in [0.1, 0.15) is 84.3 Å². The summed E-state index contributed by atoms with van der Waals surface area (Å²) in [4.78, 5) is 55.0. The van der Waals surface area contributed by atoms with Gasteiger partial charge in [-0.05, 0) is 49.1 Å². The van der Waals surface area contributed by atoms with E-state index in [2.05, 4.69) is 0 Å². The van der Waals surface area contributed by atoms with Crippen molar-refractivity contribution in [2.24, 2.45) is 34.5 Å². The van der Waals surface area contributed by atoms with Gasteiger partial charge in [-0.2, -0.15) is 0 Å². The number of phenolic OH excluding ortho intramolecular Hbond substituents is 1. The van der Waals surface area contributed by atoms with Gasteiger partial charge in [-0.3, -0.25) is 19.2 Å². The minimum atomic E-state index is -2.77. The van der Waals surface area contributed by atoms with Crippen molar-refractivity contribution in [1.82, 2.24) is 0 Å². The van der Waals surface area contributed by atoms with E-state index in [-0.39, 0.29) is 35.0 Å². The second-order valence-corrected chi connectivity index (χ2v) is 13.0. The van der Waals surface area contributed by atoms with Gasteiger partial charge in [0, 0.05) is 34.7 Å². The van der Waals surface area contributed by atoms with Crippen LogP contribution in [0.5, 0.6) is 5.75 Å². The maximum absolute atomic E-state index is 14.6. The third-order valence-corrected chi connectivity index (χ3v) is 11.0. The summed E-state index contributed by atoms with van der Waals surface area (Å²) in [5.74, 6) is -7.54. The highest BCUT2D eigenvalue weighted by molar-refractivity contribution is 6.24. The minimum Gasteiger partial charge on any atom is -0.508 e. The van der Waals surface area contributed by atoms with E-state index in [1.54, 1.807) is 39.8 Å². The highest BCUT2D eigenvalue weighted by atomic mass is 16.3. The standard InChI is InChI=1S/C32H38O8/c1-14(2)24-26(36)22(16(4)33)28(38)32(40)29(39)25-27(37)23-18(11-8-12-19(23)34)15(3)30(25,5)21(31(24,32)6)13-20(35)17-9-7-10-17/h8,11-12,14-15,17,21,24,34,37-38,40H,7,9-10,13H2,1-6H3/t15-,21-,24?,30-,31-,32+/m1/s1. The van der Waals surface area contributed by atoms with Crippen LogP contribution in [-0.2, 0) is 19.2 Å². The van der Waals surface area contributed by atoms with E-state index in [1.807, 2.05) is 6.92 Å². The van der Waals surface area contributed by atoms with E-state index >= 15 is 0 Å². The number of carbonyl (C=O) groups excluding carboxylic acids is 4. The molecule has 0 radical (unpaired) electrons. The summed E-state index contributed by atoms with van der Waals surface area (Å²) in [5, 5.41) is 46.4. The average molecular weight is 551 g/mol. The molecule has 6 atom stereocenters. The van der Waals surface area contributed by atoms with Gasteiger partial charge in [-0.1, -0.05) is 53.2 Å². The summed E-state index contributed by atoms with van der Waals surface area (Å²) in [6.07, 6.45) is 2.29. The van der Waals surface area contributed by atoms with E-state index in [4.69, 9.17) is 0 Å². The summed E-state index contributed by atoms with van der Waals surface area (Å²) in [7, 11) is 0. The number of aliphatic hydroxyl groups excluding tert-OH is 2. The zero-order chi connectivity index (χ0) is 29.7. The Bertz CT molecular complexity index is 1430. The molecule has 40 heavy (non-hydrogen) atoms. The van der Waals surface area contributed by atoms with Gasteiger partial charge in [0.2, 0.25) is 5.78 Å². The molecule has 4 aliphatic rings. The molecule has 4 aliphatic carbocycles. The molecular formula is C32H38O8. The molecule has 0 aliphatic heterocycles. The fourth-order valence-electron chi connectivity index (χ4n) is 8.61. The van der Waals surface area contributed by atoms with Gasteiger partial charge < -0.3 is 20.4 Å². The second-order valence-electron chi connectivity index (χ2n) is 13.0. The van der Waals surface area contributed by atoms with Gasteiger partial charge >= 0.3 is 0 Å². The highest BCUT2D eigenvalue weighted by Crippen LogP contribution is 2.71. The molecule has 4 N–H and O–H groups in total. The van der Waals surface area contributed by atoms with Crippen molar-refractivity contribution >= 4 is 28.9 Å². The first-order valence-electron chi connectivity index (χ1n) is 14.1. The number of hydrogen-bond donors (Lipinski definition) is 4. The average Bonchev–Trinajstić information content (AvgIpc) is 2.82. The molecule has 1 aromatic rings. The number of aliphatic hydroxyl groups is 3. The van der Waals surface area contributed by atoms with Crippen LogP contribution in [0, 0.1) is 34.5 Å². The molecule has 8 heteroatoms. The molecule has 0 aromatic heterocycles. The lowest BCUT2D eigenvalue weighted by molar-refractivity contribution is -0.200. The monoisotopic (exact) mass is 550 g/mol. The quantitative estimate of drug-likeness (QED) is 0.384. The minimum absolute atomic E-state index is 0.0506. The Hall–Kier alpha value is -3.26. The van der Waals surface area contributed by atoms with Crippen LogP contribution >= 0.6 is 0 Å². The number of fused-ring (bicyclic) bond motifs is 3. The van der Waals surface area contributed by atoms with Gasteiger partial charge in [0.15, 0.2) is 17.2 Å². The number of carbonyl (C=O) groups is 4. The zero-order valence-electron chi connectivity index (χ0n) is 23.9. The molecule has 214 valence electrons. The van der Waals surface area contributed by atoms with Crippen molar-refractivity contribution in [3.8, 4) is 5.75 Å². The maximum atomic E-state index is 14.6. The molecule has 1 unspecified atom stereocenters. The van der Waals surface area contributed by atoms with Gasteiger partial charge in [0.05, 0.1) is 5.56 Å². The summed E-state index contributed by atoms with van der Waals surface area (Å²) in [5.41, 5.74) is -5.98. The Balaban J connectivity index is 1.92. The van der Waals surface area contributed by atoms with Crippen LogP contribution in [0.4, 0.5) is 0 Å². The fraction of sp³-hybridized carbons (Fsp3) is 0.562. The maximum Gasteiger partial charge on any atom is 0.203 e. The first-order chi connectivity index (χ1) is 18.6. The van der Waals surface area contributed by atoms with E-state index in [1.165, 1.54) is 6.07 Å². The number of rotatable bonds is 5. The SMILES string of the molecule is CC(=O)C1=C(O)[C@]2(O)C(=O)C3=C(O)c4c(O)cccc4[C@@H](C)[C@]3(C)[C@@H](CC(=O)C3CCC3)[C@]2(C)C(C(C)C)C1=O. The molecule has 5 rings (SSSR count). The van der Waals surface area contributed by atoms with Crippen molar-refractivity contribution < 1.29 is 39.6 Å². The molecule has 1 aromatic carbocycles. The molecule has 0 bridgehead atoms. The third kappa shape index (κ3) is 3.17. The Kier molecular flexibility index (Phi) is 6.27. The molecule has 2 fully saturated rings. The number of benzene rings is 1. The molecular weight excluding hydrogens is 512 g/mol. The van der Waals surface area contributed by atoms with Crippen LogP contribution in [0.25, 0.3) is 5.76 Å². The van der Waals surface area contributed by atoms with E-state index in [0.717, 1.165) is 26.2 Å². The Labute approximate surface area is 233 Å². The summed E-state index contributed by atoms with van der Waals surface area (Å²) < 4.78 is 0. The number of aromatic hydroxyl groups is 1. The largest absolute Gasteiger partial charge is 0.508 e. The molecule has 0 heterocycles. The Morgan fingerprint density at radius 2 is 1.70 bits per heavy atom. The lowest BCUT2D eigenvalue weighted by Crippen LogP contribution is -2.73. The van der Waals surface area contributed by atoms with Crippen LogP contribution < -0.4 is 0 Å². The summed E-state index contributed by atoms with van der Waals surface area (Å²) in [6, 6.07) is 4.76. The normalized spacial score (nSPS) is 35.8. The van der Waals surface area contributed by atoms with Gasteiger partial charge in [-0.15, -0.1) is 0 Å². The van der Waals surface area contributed by atoms with Crippen molar-refractivity contribution in [1.29, 1.82) is 0 Å². The smallest absolute Gasteiger partial charge is 0.203 e. The van der Waals surface area contributed by atoms with Crippen molar-refractivity contribution in [3.05, 3.63) is 46.2 Å². The number of hydrogen-bond acceptors (Lipinski definition) is 8. The number of phenols is 1. The van der Waals surface area contributed by atoms with E-state index in [9.17, 15) is 39.6 Å².